The minimum Gasteiger partial charge on any atom is -0.493 e. The van der Waals surface area contributed by atoms with Crippen LogP contribution in [0, 0.1) is 5.41 Å². The van der Waals surface area contributed by atoms with Gasteiger partial charge in [-0.05, 0) is 79.9 Å². The monoisotopic (exact) mass is 659 g/mol. The fourth-order valence-electron chi connectivity index (χ4n) is 5.38. The average molecular weight is 661 g/mol. The van der Waals surface area contributed by atoms with Crippen LogP contribution < -0.4 is 20.1 Å². The summed E-state index contributed by atoms with van der Waals surface area (Å²) in [6.07, 6.45) is 6.22. The van der Waals surface area contributed by atoms with Gasteiger partial charge in [-0.15, -0.1) is 36.2 Å². The van der Waals surface area contributed by atoms with Crippen molar-refractivity contribution in [3.63, 3.8) is 0 Å². The van der Waals surface area contributed by atoms with Gasteiger partial charge in [-0.2, -0.15) is 0 Å². The number of aromatic nitrogens is 2. The van der Waals surface area contributed by atoms with Crippen molar-refractivity contribution in [2.24, 2.45) is 5.41 Å². The maximum absolute atomic E-state index is 13.1. The molecule has 1 aliphatic heterocycles. The quantitative estimate of drug-likeness (QED) is 0.153. The number of carbonyl (C=O) groups is 2. The molecule has 44 heavy (non-hydrogen) atoms. The van der Waals surface area contributed by atoms with Crippen molar-refractivity contribution >= 4 is 69.4 Å². The van der Waals surface area contributed by atoms with E-state index in [1.54, 1.807) is 47.7 Å². The number of thiophene rings is 1. The zero-order valence-corrected chi connectivity index (χ0v) is 27.8. The number of fused-ring (bicyclic) bond motifs is 2. The number of pyridine rings is 2. The molecule has 9 nitrogen and oxygen atoms in total. The highest BCUT2D eigenvalue weighted by Gasteiger charge is 2.45. The topological polar surface area (TPSA) is 88.0 Å². The normalized spacial score (nSPS) is 14.2. The Morgan fingerprint density at radius 3 is 2.43 bits per heavy atom. The van der Waals surface area contributed by atoms with Crippen LogP contribution in [0.3, 0.4) is 0 Å². The van der Waals surface area contributed by atoms with Gasteiger partial charge in [-0.3, -0.25) is 24.3 Å². The van der Waals surface area contributed by atoms with E-state index in [0.29, 0.717) is 43.4 Å². The number of anilines is 2. The van der Waals surface area contributed by atoms with Gasteiger partial charge in [0.15, 0.2) is 0 Å². The van der Waals surface area contributed by atoms with Crippen LogP contribution in [0.4, 0.5) is 11.4 Å². The van der Waals surface area contributed by atoms with Gasteiger partial charge < -0.3 is 19.1 Å². The predicted octanol–water partition coefficient (Wildman–Crippen LogP) is 5.63. The molecule has 0 atom stereocenters. The summed E-state index contributed by atoms with van der Waals surface area (Å²) in [5.41, 5.74) is 1.42. The first kappa shape index (κ1) is 35.0. The summed E-state index contributed by atoms with van der Waals surface area (Å²) >= 11 is 1.48. The van der Waals surface area contributed by atoms with E-state index in [-0.39, 0.29) is 42.2 Å². The molecule has 1 aliphatic rings. The standard InChI is InChI=1S/C32H37N5O4S.2ClH/c1-5-37-26-8-7-25(21-27(26)34(4)30(39)32(2,3)31(37)40)41-19-6-15-35(22-23-9-13-33-14-10-23)17-18-36-16-11-24-12-20-42-28(24)29(36)38;;/h7-14,16,20-21H,5-6,15,17-19,22H2,1-4H3;2*1H. The molecule has 2 amide bonds. The third-order valence-electron chi connectivity index (χ3n) is 7.82. The molecule has 4 aromatic rings. The molecule has 0 unspecified atom stereocenters. The number of hydrogen-bond donors (Lipinski definition) is 0. The van der Waals surface area contributed by atoms with Gasteiger partial charge in [0.05, 0.1) is 22.7 Å². The van der Waals surface area contributed by atoms with Gasteiger partial charge >= 0.3 is 0 Å². The second-order valence-corrected chi connectivity index (χ2v) is 12.0. The van der Waals surface area contributed by atoms with Crippen LogP contribution in [0.15, 0.2) is 71.2 Å². The summed E-state index contributed by atoms with van der Waals surface area (Å²) in [6, 6.07) is 13.5. The van der Waals surface area contributed by atoms with Crippen LogP contribution in [0.25, 0.3) is 10.1 Å². The number of rotatable bonds is 11. The van der Waals surface area contributed by atoms with Crippen LogP contribution in [0.5, 0.6) is 5.75 Å². The van der Waals surface area contributed by atoms with Crippen LogP contribution in [0.1, 0.15) is 32.8 Å². The van der Waals surface area contributed by atoms with Crippen molar-refractivity contribution in [2.45, 2.75) is 40.3 Å². The maximum atomic E-state index is 13.1. The molecule has 0 fully saturated rings. The lowest BCUT2D eigenvalue weighted by molar-refractivity contribution is -0.137. The van der Waals surface area contributed by atoms with Gasteiger partial charge in [0, 0.05) is 64.4 Å². The summed E-state index contributed by atoms with van der Waals surface area (Å²) in [7, 11) is 1.71. The Kier molecular flexibility index (Phi) is 12.0. The molecule has 5 rings (SSSR count). The van der Waals surface area contributed by atoms with Gasteiger partial charge in [0.1, 0.15) is 11.2 Å². The van der Waals surface area contributed by atoms with E-state index in [4.69, 9.17) is 4.74 Å². The Hall–Kier alpha value is -3.44. The maximum Gasteiger partial charge on any atom is 0.268 e. The lowest BCUT2D eigenvalue weighted by atomic mass is 9.90. The van der Waals surface area contributed by atoms with E-state index in [0.717, 1.165) is 35.2 Å². The third kappa shape index (κ3) is 7.26. The molecular formula is C32H39Cl2N5O4S. The van der Waals surface area contributed by atoms with Crippen LogP contribution in [-0.2, 0) is 22.7 Å². The number of amides is 2. The minimum atomic E-state index is -1.15. The largest absolute Gasteiger partial charge is 0.493 e. The lowest BCUT2D eigenvalue weighted by Gasteiger charge is -2.27. The molecule has 0 saturated carbocycles. The summed E-state index contributed by atoms with van der Waals surface area (Å²) in [5, 5.41) is 2.94. The zero-order chi connectivity index (χ0) is 29.9. The van der Waals surface area contributed by atoms with E-state index in [1.807, 2.05) is 61.0 Å². The molecule has 0 radical (unpaired) electrons. The highest BCUT2D eigenvalue weighted by atomic mass is 35.5. The van der Waals surface area contributed by atoms with Gasteiger partial charge in [-0.1, -0.05) is 0 Å². The van der Waals surface area contributed by atoms with E-state index in [2.05, 4.69) is 9.88 Å². The number of halogens is 2. The number of ether oxygens (including phenoxy) is 1. The molecule has 0 aliphatic carbocycles. The molecule has 12 heteroatoms. The van der Waals surface area contributed by atoms with E-state index in [9.17, 15) is 14.4 Å². The third-order valence-corrected chi connectivity index (χ3v) is 8.74. The summed E-state index contributed by atoms with van der Waals surface area (Å²) in [6.45, 7) is 9.02. The number of benzene rings is 1. The lowest BCUT2D eigenvalue weighted by Crippen LogP contribution is -2.47. The van der Waals surface area contributed by atoms with Gasteiger partial charge in [0.2, 0.25) is 11.8 Å². The molecule has 0 bridgehead atoms. The molecule has 4 heterocycles. The van der Waals surface area contributed by atoms with E-state index < -0.39 is 5.41 Å². The van der Waals surface area contributed by atoms with Crippen LogP contribution in [0.2, 0.25) is 0 Å². The smallest absolute Gasteiger partial charge is 0.268 e. The SMILES string of the molecule is CCN1C(=O)C(C)(C)C(=O)N(C)c2cc(OCCCN(CCn3ccc4ccsc4c3=O)Cc3ccncc3)ccc21.Cl.Cl. The van der Waals surface area contributed by atoms with Gasteiger partial charge in [0.25, 0.3) is 5.56 Å². The first-order chi connectivity index (χ1) is 20.2. The first-order valence-corrected chi connectivity index (χ1v) is 15.1. The Labute approximate surface area is 274 Å². The summed E-state index contributed by atoms with van der Waals surface area (Å²) in [4.78, 5) is 48.9. The fourth-order valence-corrected chi connectivity index (χ4v) is 6.22. The number of hydrogen-bond acceptors (Lipinski definition) is 7. The van der Waals surface area contributed by atoms with Crippen molar-refractivity contribution < 1.29 is 14.3 Å². The highest BCUT2D eigenvalue weighted by molar-refractivity contribution is 7.17. The first-order valence-electron chi connectivity index (χ1n) is 14.3. The van der Waals surface area contributed by atoms with E-state index in [1.165, 1.54) is 11.3 Å². The molecule has 236 valence electrons. The van der Waals surface area contributed by atoms with Crippen molar-refractivity contribution in [2.75, 3.05) is 43.1 Å². The Morgan fingerprint density at radius 1 is 0.955 bits per heavy atom. The van der Waals surface area contributed by atoms with Gasteiger partial charge in [-0.25, -0.2) is 0 Å². The Morgan fingerprint density at radius 2 is 1.70 bits per heavy atom. The summed E-state index contributed by atoms with van der Waals surface area (Å²) in [5.74, 6) is 0.195. The minimum absolute atomic E-state index is 0. The van der Waals surface area contributed by atoms with Crippen LogP contribution in [-0.4, -0.2) is 59.6 Å². The number of nitrogens with zero attached hydrogens (tertiary/aromatic N) is 5. The molecule has 0 spiro atoms. The highest BCUT2D eigenvalue weighted by Crippen LogP contribution is 2.40. The van der Waals surface area contributed by atoms with Crippen molar-refractivity contribution in [3.05, 3.63) is 82.4 Å². The Bertz CT molecular complexity index is 1640. The van der Waals surface area contributed by atoms with E-state index >= 15 is 0 Å². The Balaban J connectivity index is 0.00000264. The average Bonchev–Trinajstić information content (AvgIpc) is 3.47. The number of carbonyl (C=O) groups excluding carboxylic acids is 2. The second-order valence-electron chi connectivity index (χ2n) is 11.0. The summed E-state index contributed by atoms with van der Waals surface area (Å²) < 4.78 is 8.71. The van der Waals surface area contributed by atoms with Crippen LogP contribution >= 0.6 is 36.2 Å². The fraction of sp³-hybridized carbons (Fsp3) is 0.375. The molecule has 0 N–H and O–H groups in total. The molecule has 0 saturated heterocycles. The van der Waals surface area contributed by atoms with Crippen molar-refractivity contribution in [1.82, 2.24) is 14.5 Å². The van der Waals surface area contributed by atoms with Crippen molar-refractivity contribution in [3.8, 4) is 5.75 Å². The molecule has 1 aromatic carbocycles. The molecule has 3 aromatic heterocycles. The molecular weight excluding hydrogens is 621 g/mol. The second kappa shape index (κ2) is 15.0. The predicted molar refractivity (Wildman–Crippen MR) is 182 cm³/mol. The zero-order valence-electron chi connectivity index (χ0n) is 25.4. The van der Waals surface area contributed by atoms with Crippen molar-refractivity contribution in [1.29, 1.82) is 0 Å².